The van der Waals surface area contributed by atoms with Gasteiger partial charge in [0.25, 0.3) is 0 Å². The summed E-state index contributed by atoms with van der Waals surface area (Å²) in [5.74, 6) is 1.43. The summed E-state index contributed by atoms with van der Waals surface area (Å²) in [5, 5.41) is 8.72. The fraction of sp³-hybridized carbons (Fsp3) is 0.500. The van der Waals surface area contributed by atoms with Crippen LogP contribution in [0.4, 0.5) is 0 Å². The molecule has 0 saturated carbocycles. The van der Waals surface area contributed by atoms with E-state index in [0.717, 1.165) is 37.4 Å². The SMILES string of the molecule is COc1ccc(CC#N)cc1OC1CCOCC1. The Balaban J connectivity index is 2.12. The second-order valence-corrected chi connectivity index (χ2v) is 4.25. The van der Waals surface area contributed by atoms with Gasteiger partial charge < -0.3 is 14.2 Å². The van der Waals surface area contributed by atoms with Gasteiger partial charge in [-0.2, -0.15) is 5.26 Å². The minimum atomic E-state index is 0.171. The van der Waals surface area contributed by atoms with E-state index < -0.39 is 0 Å². The Labute approximate surface area is 107 Å². The summed E-state index contributed by atoms with van der Waals surface area (Å²) in [7, 11) is 1.62. The lowest BCUT2D eigenvalue weighted by atomic mass is 10.1. The lowest BCUT2D eigenvalue weighted by Gasteiger charge is -2.24. The molecule has 0 aliphatic carbocycles. The number of hydrogen-bond acceptors (Lipinski definition) is 4. The van der Waals surface area contributed by atoms with E-state index in [0.29, 0.717) is 12.2 Å². The summed E-state index contributed by atoms with van der Waals surface area (Å²) >= 11 is 0. The van der Waals surface area contributed by atoms with Crippen molar-refractivity contribution in [3.05, 3.63) is 23.8 Å². The van der Waals surface area contributed by atoms with Gasteiger partial charge in [-0.25, -0.2) is 0 Å². The number of benzene rings is 1. The molecule has 1 aromatic carbocycles. The number of nitrogens with zero attached hydrogens (tertiary/aromatic N) is 1. The van der Waals surface area contributed by atoms with Crippen LogP contribution in [0.5, 0.6) is 11.5 Å². The topological polar surface area (TPSA) is 51.5 Å². The molecule has 0 atom stereocenters. The molecule has 4 nitrogen and oxygen atoms in total. The van der Waals surface area contributed by atoms with E-state index in [-0.39, 0.29) is 6.10 Å². The van der Waals surface area contributed by atoms with Crippen molar-refractivity contribution in [2.24, 2.45) is 0 Å². The van der Waals surface area contributed by atoms with Crippen molar-refractivity contribution < 1.29 is 14.2 Å². The highest BCUT2D eigenvalue weighted by Crippen LogP contribution is 2.30. The first-order chi connectivity index (χ1) is 8.83. The molecule has 0 unspecified atom stereocenters. The zero-order chi connectivity index (χ0) is 12.8. The van der Waals surface area contributed by atoms with E-state index in [4.69, 9.17) is 19.5 Å². The van der Waals surface area contributed by atoms with Crippen LogP contribution in [-0.4, -0.2) is 26.4 Å². The minimum Gasteiger partial charge on any atom is -0.493 e. The van der Waals surface area contributed by atoms with Crippen molar-refractivity contribution in [3.63, 3.8) is 0 Å². The maximum absolute atomic E-state index is 8.72. The number of methoxy groups -OCH3 is 1. The lowest BCUT2D eigenvalue weighted by molar-refractivity contribution is 0.0245. The van der Waals surface area contributed by atoms with E-state index >= 15 is 0 Å². The van der Waals surface area contributed by atoms with Gasteiger partial charge in [0, 0.05) is 12.8 Å². The van der Waals surface area contributed by atoms with Crippen LogP contribution in [0.25, 0.3) is 0 Å². The molecule has 0 amide bonds. The number of rotatable bonds is 4. The molecule has 1 aliphatic rings. The summed E-state index contributed by atoms with van der Waals surface area (Å²) in [6.07, 6.45) is 2.34. The van der Waals surface area contributed by atoms with Gasteiger partial charge in [-0.3, -0.25) is 0 Å². The van der Waals surface area contributed by atoms with Crippen LogP contribution >= 0.6 is 0 Å². The maximum Gasteiger partial charge on any atom is 0.161 e. The average molecular weight is 247 g/mol. The predicted molar refractivity (Wildman–Crippen MR) is 66.8 cm³/mol. The fourth-order valence-corrected chi connectivity index (χ4v) is 1.99. The monoisotopic (exact) mass is 247 g/mol. The highest BCUT2D eigenvalue weighted by molar-refractivity contribution is 5.43. The van der Waals surface area contributed by atoms with Gasteiger partial charge in [0.2, 0.25) is 0 Å². The van der Waals surface area contributed by atoms with Crippen LogP contribution in [-0.2, 0) is 11.2 Å². The molecule has 2 rings (SSSR count). The van der Waals surface area contributed by atoms with Crippen LogP contribution in [0.1, 0.15) is 18.4 Å². The van der Waals surface area contributed by atoms with Crippen LogP contribution < -0.4 is 9.47 Å². The van der Waals surface area contributed by atoms with Gasteiger partial charge in [0.05, 0.1) is 32.8 Å². The van der Waals surface area contributed by atoms with Crippen molar-refractivity contribution >= 4 is 0 Å². The summed E-state index contributed by atoms with van der Waals surface area (Å²) < 4.78 is 16.5. The average Bonchev–Trinajstić information content (AvgIpc) is 2.41. The Hall–Kier alpha value is -1.73. The molecule has 96 valence electrons. The second-order valence-electron chi connectivity index (χ2n) is 4.25. The molecule has 1 heterocycles. The third-order valence-corrected chi connectivity index (χ3v) is 2.97. The predicted octanol–water partition coefficient (Wildman–Crippen LogP) is 2.32. The molecular formula is C14H17NO3. The smallest absolute Gasteiger partial charge is 0.161 e. The Morgan fingerprint density at radius 1 is 1.33 bits per heavy atom. The Kier molecular flexibility index (Phi) is 4.43. The van der Waals surface area contributed by atoms with E-state index in [2.05, 4.69) is 6.07 Å². The molecule has 4 heteroatoms. The van der Waals surface area contributed by atoms with Gasteiger partial charge in [-0.05, 0) is 17.7 Å². The number of ether oxygens (including phenoxy) is 3. The van der Waals surface area contributed by atoms with Crippen molar-refractivity contribution in [1.29, 1.82) is 5.26 Å². The summed E-state index contributed by atoms with van der Waals surface area (Å²) in [6.45, 7) is 1.48. The standard InChI is InChI=1S/C14H17NO3/c1-16-13-3-2-11(4-7-15)10-14(13)18-12-5-8-17-9-6-12/h2-3,10,12H,4-6,8-9H2,1H3. The summed E-state index contributed by atoms with van der Waals surface area (Å²) in [6, 6.07) is 7.76. The molecule has 1 saturated heterocycles. The van der Waals surface area contributed by atoms with E-state index in [9.17, 15) is 0 Å². The quantitative estimate of drug-likeness (QED) is 0.819. The molecule has 0 N–H and O–H groups in total. The van der Waals surface area contributed by atoms with E-state index in [1.807, 2.05) is 18.2 Å². The Morgan fingerprint density at radius 2 is 2.11 bits per heavy atom. The second kappa shape index (κ2) is 6.27. The van der Waals surface area contributed by atoms with E-state index in [1.54, 1.807) is 7.11 Å². The first-order valence-electron chi connectivity index (χ1n) is 6.11. The van der Waals surface area contributed by atoms with E-state index in [1.165, 1.54) is 0 Å². The largest absolute Gasteiger partial charge is 0.493 e. The van der Waals surface area contributed by atoms with Crippen molar-refractivity contribution in [2.75, 3.05) is 20.3 Å². The maximum atomic E-state index is 8.72. The first-order valence-corrected chi connectivity index (χ1v) is 6.11. The van der Waals surface area contributed by atoms with Crippen LogP contribution in [0.15, 0.2) is 18.2 Å². The summed E-state index contributed by atoms with van der Waals surface area (Å²) in [4.78, 5) is 0. The van der Waals surface area contributed by atoms with Crippen LogP contribution in [0, 0.1) is 11.3 Å². The zero-order valence-electron chi connectivity index (χ0n) is 10.5. The molecule has 1 fully saturated rings. The van der Waals surface area contributed by atoms with Gasteiger partial charge in [-0.15, -0.1) is 0 Å². The normalized spacial score (nSPS) is 16.0. The molecule has 1 aliphatic heterocycles. The van der Waals surface area contributed by atoms with Gasteiger partial charge >= 0.3 is 0 Å². The fourth-order valence-electron chi connectivity index (χ4n) is 1.99. The first kappa shape index (κ1) is 12.7. The lowest BCUT2D eigenvalue weighted by Crippen LogP contribution is -2.26. The highest BCUT2D eigenvalue weighted by atomic mass is 16.5. The Bertz CT molecular complexity index is 433. The molecule has 18 heavy (non-hydrogen) atoms. The summed E-state index contributed by atoms with van der Waals surface area (Å²) in [5.41, 5.74) is 0.945. The molecule has 0 aromatic heterocycles. The molecule has 0 radical (unpaired) electrons. The third kappa shape index (κ3) is 3.14. The molecule has 0 bridgehead atoms. The number of nitriles is 1. The van der Waals surface area contributed by atoms with Crippen molar-refractivity contribution in [3.8, 4) is 17.6 Å². The van der Waals surface area contributed by atoms with Crippen molar-refractivity contribution in [2.45, 2.75) is 25.4 Å². The minimum absolute atomic E-state index is 0.171. The van der Waals surface area contributed by atoms with Crippen LogP contribution in [0.2, 0.25) is 0 Å². The van der Waals surface area contributed by atoms with Crippen molar-refractivity contribution in [1.82, 2.24) is 0 Å². The molecule has 1 aromatic rings. The third-order valence-electron chi connectivity index (χ3n) is 2.97. The van der Waals surface area contributed by atoms with Crippen LogP contribution in [0.3, 0.4) is 0 Å². The van der Waals surface area contributed by atoms with Gasteiger partial charge in [0.15, 0.2) is 11.5 Å². The number of hydrogen-bond donors (Lipinski definition) is 0. The van der Waals surface area contributed by atoms with Gasteiger partial charge in [-0.1, -0.05) is 6.07 Å². The Morgan fingerprint density at radius 3 is 2.78 bits per heavy atom. The van der Waals surface area contributed by atoms with Gasteiger partial charge in [0.1, 0.15) is 6.10 Å². The highest BCUT2D eigenvalue weighted by Gasteiger charge is 2.17. The molecule has 0 spiro atoms. The zero-order valence-corrected chi connectivity index (χ0v) is 10.5. The molecular weight excluding hydrogens is 230 g/mol.